The first-order valence-electron chi connectivity index (χ1n) is 8.80. The quantitative estimate of drug-likeness (QED) is 0.359. The summed E-state index contributed by atoms with van der Waals surface area (Å²) < 4.78 is 1.55. The highest BCUT2D eigenvalue weighted by atomic mass is 16.6. The van der Waals surface area contributed by atoms with E-state index < -0.39 is 4.92 Å². The fraction of sp³-hybridized carbons (Fsp3) is 0.150. The molecule has 0 fully saturated rings. The van der Waals surface area contributed by atoms with Crippen LogP contribution in [-0.2, 0) is 6.42 Å². The Balaban J connectivity index is 1.68. The number of hydrogen-bond acceptors (Lipinski definition) is 7. The summed E-state index contributed by atoms with van der Waals surface area (Å²) in [7, 11) is 0. The maximum Gasteiger partial charge on any atom is 0.270 e. The first-order chi connectivity index (χ1) is 14.0. The fourth-order valence-corrected chi connectivity index (χ4v) is 2.91. The largest absolute Gasteiger partial charge is 0.384 e. The number of aryl methyl sites for hydroxylation is 1. The summed E-state index contributed by atoms with van der Waals surface area (Å²) in [5.41, 5.74) is 8.40. The number of nitro groups is 1. The van der Waals surface area contributed by atoms with Gasteiger partial charge in [0.1, 0.15) is 23.5 Å². The average molecular weight is 387 g/mol. The molecule has 0 saturated heterocycles. The molecule has 29 heavy (non-hydrogen) atoms. The Bertz CT molecular complexity index is 1120. The maximum atomic E-state index is 10.8. The lowest BCUT2D eigenvalue weighted by Crippen LogP contribution is -2.06. The van der Waals surface area contributed by atoms with Gasteiger partial charge in [-0.3, -0.25) is 10.1 Å². The van der Waals surface area contributed by atoms with Crippen molar-refractivity contribution in [1.29, 1.82) is 10.5 Å². The topological polar surface area (TPSA) is 147 Å². The average Bonchev–Trinajstić information content (AvgIpc) is 3.06. The number of anilines is 2. The van der Waals surface area contributed by atoms with Gasteiger partial charge in [-0.1, -0.05) is 18.2 Å². The zero-order valence-electron chi connectivity index (χ0n) is 15.4. The number of rotatable bonds is 7. The SMILES string of the molecule is N#Cc1cc([N+](=O)[O-])ccc1NCCCc1nn(-c2ccccc2)c(N)c1C#N. The van der Waals surface area contributed by atoms with E-state index in [0.29, 0.717) is 42.1 Å². The number of para-hydroxylation sites is 1. The maximum absolute atomic E-state index is 10.8. The minimum absolute atomic E-state index is 0.132. The summed E-state index contributed by atoms with van der Waals surface area (Å²) in [6.07, 6.45) is 1.14. The monoisotopic (exact) mass is 387 g/mol. The van der Waals surface area contributed by atoms with Crippen molar-refractivity contribution in [3.8, 4) is 17.8 Å². The molecule has 144 valence electrons. The third kappa shape index (κ3) is 4.15. The Hall–Kier alpha value is -4.37. The predicted octanol–water partition coefficient (Wildman–Crippen LogP) is 3.15. The number of benzene rings is 2. The number of hydrogen-bond donors (Lipinski definition) is 2. The number of aromatic nitrogens is 2. The number of non-ortho nitro benzene ring substituents is 1. The normalized spacial score (nSPS) is 10.1. The summed E-state index contributed by atoms with van der Waals surface area (Å²) >= 11 is 0. The second-order valence-corrected chi connectivity index (χ2v) is 6.20. The van der Waals surface area contributed by atoms with Crippen LogP contribution >= 0.6 is 0 Å². The molecule has 1 aromatic heterocycles. The highest BCUT2D eigenvalue weighted by Crippen LogP contribution is 2.23. The van der Waals surface area contributed by atoms with Crippen LogP contribution in [0.1, 0.15) is 23.2 Å². The minimum atomic E-state index is -0.540. The first-order valence-corrected chi connectivity index (χ1v) is 8.80. The van der Waals surface area contributed by atoms with E-state index in [0.717, 1.165) is 5.69 Å². The molecule has 9 nitrogen and oxygen atoms in total. The van der Waals surface area contributed by atoms with E-state index in [2.05, 4.69) is 16.5 Å². The molecule has 3 rings (SSSR count). The van der Waals surface area contributed by atoms with Crippen molar-refractivity contribution in [3.63, 3.8) is 0 Å². The van der Waals surface area contributed by atoms with Gasteiger partial charge in [0, 0.05) is 18.7 Å². The van der Waals surface area contributed by atoms with Crippen LogP contribution in [0.15, 0.2) is 48.5 Å². The molecule has 0 bridgehead atoms. The molecular formula is C20H17N7O2. The highest BCUT2D eigenvalue weighted by molar-refractivity contribution is 5.61. The van der Waals surface area contributed by atoms with Crippen LogP contribution in [-0.4, -0.2) is 21.2 Å². The number of nitrogens with zero attached hydrogens (tertiary/aromatic N) is 5. The lowest BCUT2D eigenvalue weighted by Gasteiger charge is -2.07. The second kappa shape index (κ2) is 8.55. The van der Waals surface area contributed by atoms with E-state index in [1.165, 1.54) is 18.2 Å². The predicted molar refractivity (Wildman–Crippen MR) is 107 cm³/mol. The summed E-state index contributed by atoms with van der Waals surface area (Å²) in [5.74, 6) is 0.295. The zero-order valence-corrected chi connectivity index (χ0v) is 15.4. The number of nitrogens with one attached hydrogen (secondary N) is 1. The Kier molecular flexibility index (Phi) is 5.71. The molecule has 0 aliphatic rings. The fourth-order valence-electron chi connectivity index (χ4n) is 2.91. The van der Waals surface area contributed by atoms with Gasteiger partial charge in [0.15, 0.2) is 0 Å². The van der Waals surface area contributed by atoms with Crippen molar-refractivity contribution in [1.82, 2.24) is 9.78 Å². The summed E-state index contributed by atoms with van der Waals surface area (Å²) in [4.78, 5) is 10.3. The lowest BCUT2D eigenvalue weighted by molar-refractivity contribution is -0.384. The molecule has 3 N–H and O–H groups in total. The van der Waals surface area contributed by atoms with Crippen molar-refractivity contribution in [2.75, 3.05) is 17.6 Å². The smallest absolute Gasteiger partial charge is 0.270 e. The van der Waals surface area contributed by atoms with Gasteiger partial charge in [-0.25, -0.2) is 4.68 Å². The number of nitrogens with two attached hydrogens (primary N) is 1. The van der Waals surface area contributed by atoms with Crippen LogP contribution in [0.3, 0.4) is 0 Å². The molecule has 2 aromatic carbocycles. The van der Waals surface area contributed by atoms with Crippen LogP contribution in [0.25, 0.3) is 5.69 Å². The molecule has 0 spiro atoms. The second-order valence-electron chi connectivity index (χ2n) is 6.20. The zero-order chi connectivity index (χ0) is 20.8. The van der Waals surface area contributed by atoms with E-state index >= 15 is 0 Å². The molecular weight excluding hydrogens is 370 g/mol. The summed E-state index contributed by atoms with van der Waals surface area (Å²) in [6.45, 7) is 0.495. The van der Waals surface area contributed by atoms with E-state index in [4.69, 9.17) is 5.73 Å². The van der Waals surface area contributed by atoms with Crippen molar-refractivity contribution >= 4 is 17.2 Å². The first kappa shape index (κ1) is 19.4. The van der Waals surface area contributed by atoms with Gasteiger partial charge >= 0.3 is 0 Å². The molecule has 3 aromatic rings. The van der Waals surface area contributed by atoms with E-state index in [1.807, 2.05) is 36.4 Å². The van der Waals surface area contributed by atoms with Gasteiger partial charge in [0.25, 0.3) is 5.69 Å². The molecule has 0 aliphatic carbocycles. The van der Waals surface area contributed by atoms with Gasteiger partial charge < -0.3 is 11.1 Å². The highest BCUT2D eigenvalue weighted by Gasteiger charge is 2.16. The van der Waals surface area contributed by atoms with Crippen molar-refractivity contribution in [2.45, 2.75) is 12.8 Å². The van der Waals surface area contributed by atoms with Crippen molar-refractivity contribution in [2.24, 2.45) is 0 Å². The molecule has 0 aliphatic heterocycles. The van der Waals surface area contributed by atoms with E-state index in [-0.39, 0.29) is 11.3 Å². The molecule has 1 heterocycles. The van der Waals surface area contributed by atoms with Crippen molar-refractivity contribution < 1.29 is 4.92 Å². The van der Waals surface area contributed by atoms with Gasteiger partial charge in [0.2, 0.25) is 0 Å². The number of nitrogen functional groups attached to an aromatic ring is 1. The van der Waals surface area contributed by atoms with E-state index in [9.17, 15) is 20.6 Å². The number of nitriles is 2. The lowest BCUT2D eigenvalue weighted by atomic mass is 10.1. The molecule has 0 unspecified atom stereocenters. The molecule has 0 amide bonds. The Morgan fingerprint density at radius 2 is 1.93 bits per heavy atom. The third-order valence-corrected chi connectivity index (χ3v) is 4.35. The number of nitro benzene ring substituents is 1. The minimum Gasteiger partial charge on any atom is -0.384 e. The Morgan fingerprint density at radius 3 is 2.59 bits per heavy atom. The van der Waals surface area contributed by atoms with Crippen LogP contribution in [0.2, 0.25) is 0 Å². The molecule has 9 heteroatoms. The summed E-state index contributed by atoms with van der Waals surface area (Å²) in [5, 5.41) is 37.0. The van der Waals surface area contributed by atoms with Gasteiger partial charge in [-0.2, -0.15) is 15.6 Å². The Labute approximate surface area is 166 Å². The van der Waals surface area contributed by atoms with Gasteiger partial charge in [-0.05, 0) is 31.0 Å². The Morgan fingerprint density at radius 1 is 1.17 bits per heavy atom. The molecule has 0 radical (unpaired) electrons. The third-order valence-electron chi connectivity index (χ3n) is 4.35. The van der Waals surface area contributed by atoms with E-state index in [1.54, 1.807) is 4.68 Å². The van der Waals surface area contributed by atoms with Crippen LogP contribution in [0, 0.1) is 32.8 Å². The van der Waals surface area contributed by atoms with Crippen molar-refractivity contribution in [3.05, 3.63) is 75.5 Å². The van der Waals surface area contributed by atoms with Crippen LogP contribution in [0.5, 0.6) is 0 Å². The molecule has 0 atom stereocenters. The standard InChI is InChI=1S/C20H17N7O2/c21-12-14-11-16(27(28)29)8-9-18(14)24-10-4-7-19-17(13-22)20(23)26(25-19)15-5-2-1-3-6-15/h1-3,5-6,8-9,11,24H,4,7,10,23H2. The van der Waals surface area contributed by atoms with Gasteiger partial charge in [0.05, 0.1) is 27.6 Å². The summed E-state index contributed by atoms with van der Waals surface area (Å²) in [6, 6.07) is 17.5. The van der Waals surface area contributed by atoms with Crippen LogP contribution in [0.4, 0.5) is 17.2 Å². The van der Waals surface area contributed by atoms with Gasteiger partial charge in [-0.15, -0.1) is 0 Å². The molecule has 0 saturated carbocycles. The van der Waals surface area contributed by atoms with Crippen LogP contribution < -0.4 is 11.1 Å².